The Morgan fingerprint density at radius 1 is 0.151 bits per heavy atom. The minimum atomic E-state index is -0.157. The van der Waals surface area contributed by atoms with E-state index in [4.69, 9.17) is 39.9 Å². The van der Waals surface area contributed by atoms with E-state index in [1.807, 2.05) is 48.5 Å². The second-order valence-electron chi connectivity index (χ2n) is 33.8. The van der Waals surface area contributed by atoms with Crippen LogP contribution >= 0.6 is 0 Å². The summed E-state index contributed by atoms with van der Waals surface area (Å²) in [6.07, 6.45) is 0. The van der Waals surface area contributed by atoms with Gasteiger partial charge in [0.2, 0.25) is 0 Å². The molecule has 0 saturated carbocycles. The van der Waals surface area contributed by atoms with Gasteiger partial charge in [-0.1, -0.05) is 373 Å². The molecular formula is C118H82N8. The molecule has 0 fully saturated rings. The lowest BCUT2D eigenvalue weighted by molar-refractivity contribution is 0.661. The molecule has 0 aliphatic heterocycles. The summed E-state index contributed by atoms with van der Waals surface area (Å²) in [4.78, 5) is 41.9. The van der Waals surface area contributed by atoms with Gasteiger partial charge in [-0.15, -0.1) is 0 Å². The van der Waals surface area contributed by atoms with Crippen LogP contribution in [0.3, 0.4) is 0 Å². The molecule has 0 saturated heterocycles. The van der Waals surface area contributed by atoms with Crippen molar-refractivity contribution in [2.75, 3.05) is 0 Å². The highest BCUT2D eigenvalue weighted by molar-refractivity contribution is 6.05. The molecule has 0 bridgehead atoms. The van der Waals surface area contributed by atoms with Crippen molar-refractivity contribution in [2.45, 2.75) is 38.5 Å². The molecule has 594 valence electrons. The first-order valence-corrected chi connectivity index (χ1v) is 43.0. The zero-order chi connectivity index (χ0) is 84.4. The fourth-order valence-corrected chi connectivity index (χ4v) is 18.6. The van der Waals surface area contributed by atoms with E-state index in [1.165, 1.54) is 66.4 Å². The van der Waals surface area contributed by atoms with Crippen molar-refractivity contribution in [1.82, 2.24) is 39.9 Å². The monoisotopic (exact) mass is 1610 g/mol. The van der Waals surface area contributed by atoms with Gasteiger partial charge in [0.25, 0.3) is 0 Å². The van der Waals surface area contributed by atoms with Crippen LogP contribution in [0.5, 0.6) is 0 Å². The van der Waals surface area contributed by atoms with E-state index in [1.54, 1.807) is 0 Å². The molecule has 4 heterocycles. The van der Waals surface area contributed by atoms with Gasteiger partial charge in [0, 0.05) is 66.1 Å². The van der Waals surface area contributed by atoms with E-state index in [0.29, 0.717) is 34.9 Å². The maximum absolute atomic E-state index is 5.49. The Balaban J connectivity index is 0.000000149. The lowest BCUT2D eigenvalue weighted by Crippen LogP contribution is -2.14. The zero-order valence-electron chi connectivity index (χ0n) is 70.0. The molecule has 0 amide bonds. The lowest BCUT2D eigenvalue weighted by Gasteiger charge is -2.22. The van der Waals surface area contributed by atoms with Crippen molar-refractivity contribution < 1.29 is 0 Å². The summed E-state index contributed by atoms with van der Waals surface area (Å²) in [5, 5.41) is 4.68. The maximum Gasteiger partial charge on any atom is 0.164 e. The average molecular weight is 1610 g/mol. The molecule has 4 aromatic heterocycles. The summed E-state index contributed by atoms with van der Waals surface area (Å²) in [7, 11) is 0. The normalized spacial score (nSPS) is 12.6. The Morgan fingerprint density at radius 2 is 0.421 bits per heavy atom. The molecule has 17 aromatic carbocycles. The fourth-order valence-electron chi connectivity index (χ4n) is 18.6. The van der Waals surface area contributed by atoms with Gasteiger partial charge in [0.15, 0.2) is 34.9 Å². The summed E-state index contributed by atoms with van der Waals surface area (Å²) >= 11 is 0. The Bertz CT molecular complexity index is 7720. The van der Waals surface area contributed by atoms with Gasteiger partial charge in [0.05, 0.1) is 22.4 Å². The SMILES string of the molecule is CC1(C)c2ccccc2-c2cc3c(-c4ccc5ccccc5c4)cc(-c4cccc(-c5nc(-c6cccc(-c7ccccc7)c6)nc(-c6cccc(-c7ccccc7)c6)n5)c4)nc3cc21.CC1(C)c2ccccc2-c2cc3c(-c4cccc(-c5ccccc5)c4)cc(-c4cccc(-c5nc(-c6ccccc6)nc(-c6cccc(-c7ccccc7)c6)n5)c4)nc3cc21. The number of hydrogen-bond donors (Lipinski definition) is 0. The highest BCUT2D eigenvalue weighted by atomic mass is 15.0. The molecule has 21 aromatic rings. The number of aromatic nitrogens is 8. The standard InChI is InChI=1S/C61H42N4.C57H40N4/c1-61(2)54-29-12-11-28-50(54)52-36-53-51(45-31-30-41-20-9-10-21-42(41)32-45)37-56(62-57(53)38-55(52)61)46-24-15-27-49(35-46)60-64-58(47-25-13-22-43(33-47)39-16-5-3-6-17-39)63-59(65-60)48-26-14-23-44(34-48)40-18-7-4-8-19-40;1-57(2)50-30-13-12-29-46(50)48-34-49-47(42-25-14-23-40(31-42)37-17-6-3-7-18-37)35-52(58-53(49)36-51(48)57)43-26-16-28-45(33-43)56-60-54(39-21-10-5-11-22-39)59-55(61-56)44-27-15-24-41(32-44)38-19-8-4-9-20-38/h3-38H,1-2H3;3-36H,1-2H3. The predicted octanol–water partition coefficient (Wildman–Crippen LogP) is 29.9. The van der Waals surface area contributed by atoms with Crippen LogP contribution in [0.15, 0.2) is 425 Å². The van der Waals surface area contributed by atoms with Gasteiger partial charge in [-0.05, 0) is 201 Å². The molecule has 0 N–H and O–H groups in total. The molecule has 23 rings (SSSR count). The summed E-state index contributed by atoms with van der Waals surface area (Å²) in [5.74, 6) is 3.66. The van der Waals surface area contributed by atoms with E-state index < -0.39 is 0 Å². The molecule has 126 heavy (non-hydrogen) atoms. The molecule has 8 heteroatoms. The van der Waals surface area contributed by atoms with Crippen LogP contribution in [-0.2, 0) is 10.8 Å². The topological polar surface area (TPSA) is 103 Å². The number of pyridine rings is 2. The van der Waals surface area contributed by atoms with Gasteiger partial charge < -0.3 is 0 Å². The zero-order valence-corrected chi connectivity index (χ0v) is 70.0. The molecule has 0 spiro atoms. The van der Waals surface area contributed by atoms with Gasteiger partial charge in [-0.2, -0.15) is 0 Å². The number of hydrogen-bond acceptors (Lipinski definition) is 8. The fraction of sp³-hybridized carbons (Fsp3) is 0.0508. The molecule has 0 radical (unpaired) electrons. The largest absolute Gasteiger partial charge is 0.248 e. The molecule has 2 aliphatic carbocycles. The van der Waals surface area contributed by atoms with Gasteiger partial charge in [-0.25, -0.2) is 39.9 Å². The highest BCUT2D eigenvalue weighted by Gasteiger charge is 2.38. The quantitative estimate of drug-likeness (QED) is 0.106. The van der Waals surface area contributed by atoms with Crippen molar-refractivity contribution in [2.24, 2.45) is 0 Å². The van der Waals surface area contributed by atoms with E-state index in [-0.39, 0.29) is 10.8 Å². The number of fused-ring (bicyclic) bond motifs is 9. The van der Waals surface area contributed by atoms with Crippen molar-refractivity contribution in [3.05, 3.63) is 447 Å². The first-order chi connectivity index (χ1) is 61.9. The average Bonchev–Trinajstić information content (AvgIpc) is 1.55. The Morgan fingerprint density at radius 3 is 0.794 bits per heavy atom. The molecule has 0 unspecified atom stereocenters. The predicted molar refractivity (Wildman–Crippen MR) is 519 cm³/mol. The van der Waals surface area contributed by atoms with Crippen molar-refractivity contribution in [3.63, 3.8) is 0 Å². The highest BCUT2D eigenvalue weighted by Crippen LogP contribution is 2.53. The summed E-state index contributed by atoms with van der Waals surface area (Å²) in [6.45, 7) is 9.31. The summed E-state index contributed by atoms with van der Waals surface area (Å²) < 4.78 is 0. The minimum absolute atomic E-state index is 0.154. The number of benzene rings is 17. The van der Waals surface area contributed by atoms with Crippen molar-refractivity contribution >= 4 is 32.6 Å². The first kappa shape index (κ1) is 76.0. The molecular weight excluding hydrogens is 1530 g/mol. The second kappa shape index (κ2) is 31.7. The Hall–Kier alpha value is -16.2. The van der Waals surface area contributed by atoms with Crippen molar-refractivity contribution in [1.29, 1.82) is 0 Å². The third-order valence-corrected chi connectivity index (χ3v) is 25.2. The van der Waals surface area contributed by atoms with Crippen LogP contribution < -0.4 is 0 Å². The van der Waals surface area contributed by atoms with Crippen LogP contribution in [0.25, 0.3) is 212 Å². The second-order valence-corrected chi connectivity index (χ2v) is 33.8. The van der Waals surface area contributed by atoms with E-state index in [9.17, 15) is 0 Å². The van der Waals surface area contributed by atoms with Crippen LogP contribution in [0.4, 0.5) is 0 Å². The third kappa shape index (κ3) is 14.3. The van der Waals surface area contributed by atoms with Crippen LogP contribution in [0.2, 0.25) is 0 Å². The van der Waals surface area contributed by atoms with Gasteiger partial charge in [0.1, 0.15) is 0 Å². The molecule has 2 aliphatic rings. The van der Waals surface area contributed by atoms with E-state index in [0.717, 1.165) is 133 Å². The van der Waals surface area contributed by atoms with E-state index >= 15 is 0 Å². The third-order valence-electron chi connectivity index (χ3n) is 25.2. The van der Waals surface area contributed by atoms with Gasteiger partial charge in [-0.3, -0.25) is 0 Å². The lowest BCUT2D eigenvalue weighted by atomic mass is 9.82. The maximum atomic E-state index is 5.49. The van der Waals surface area contributed by atoms with E-state index in [2.05, 4.69) is 404 Å². The number of rotatable bonds is 14. The summed E-state index contributed by atoms with van der Waals surface area (Å²) in [5.41, 5.74) is 34.9. The van der Waals surface area contributed by atoms with Crippen molar-refractivity contribution in [3.8, 4) is 180 Å². The van der Waals surface area contributed by atoms with Crippen LogP contribution in [-0.4, -0.2) is 39.9 Å². The Labute approximate surface area is 732 Å². The minimum Gasteiger partial charge on any atom is -0.248 e. The summed E-state index contributed by atoms with van der Waals surface area (Å²) in [6, 6.07) is 150. The number of nitrogens with zero attached hydrogens (tertiary/aromatic N) is 8. The van der Waals surface area contributed by atoms with Crippen LogP contribution in [0, 0.1) is 0 Å². The Kier molecular flexibility index (Phi) is 19.1. The first-order valence-electron chi connectivity index (χ1n) is 43.0. The molecule has 0 atom stereocenters. The smallest absolute Gasteiger partial charge is 0.164 e. The molecule has 8 nitrogen and oxygen atoms in total. The van der Waals surface area contributed by atoms with Gasteiger partial charge >= 0.3 is 0 Å². The van der Waals surface area contributed by atoms with Crippen LogP contribution in [0.1, 0.15) is 49.9 Å².